The summed E-state index contributed by atoms with van der Waals surface area (Å²) >= 11 is 0. The number of hydrogen-bond acceptors (Lipinski definition) is 1. The average molecular weight is 177 g/mol. The predicted molar refractivity (Wildman–Crippen MR) is 40.4 cm³/mol. The lowest BCUT2D eigenvalue weighted by Gasteiger charge is -2.19. The van der Waals surface area contributed by atoms with Gasteiger partial charge in [-0.05, 0) is 6.08 Å². The van der Waals surface area contributed by atoms with Gasteiger partial charge < -0.3 is 5.73 Å². The number of halogens is 3. The van der Waals surface area contributed by atoms with E-state index in [0.717, 1.165) is 6.08 Å². The van der Waals surface area contributed by atoms with Crippen molar-refractivity contribution in [3.8, 4) is 0 Å². The highest BCUT2D eigenvalue weighted by atomic mass is 19.2. The van der Waals surface area contributed by atoms with E-state index < -0.39 is 23.7 Å². The summed E-state index contributed by atoms with van der Waals surface area (Å²) in [5.74, 6) is -2.56. The maximum Gasteiger partial charge on any atom is 0.130 e. The van der Waals surface area contributed by atoms with Gasteiger partial charge in [-0.3, -0.25) is 0 Å². The first-order chi connectivity index (χ1) is 5.57. The van der Waals surface area contributed by atoms with Gasteiger partial charge in [-0.25, -0.2) is 13.2 Å². The minimum Gasteiger partial charge on any atom is -0.326 e. The van der Waals surface area contributed by atoms with E-state index in [0.29, 0.717) is 0 Å². The summed E-state index contributed by atoms with van der Waals surface area (Å²) in [5.41, 5.74) is 4.88. The zero-order valence-electron chi connectivity index (χ0n) is 6.65. The van der Waals surface area contributed by atoms with Crippen LogP contribution in [0.5, 0.6) is 0 Å². The Morgan fingerprint density at radius 1 is 1.50 bits per heavy atom. The van der Waals surface area contributed by atoms with Gasteiger partial charge in [-0.2, -0.15) is 0 Å². The Kier molecular flexibility index (Phi) is 2.57. The van der Waals surface area contributed by atoms with Crippen molar-refractivity contribution in [2.45, 2.75) is 13.1 Å². The van der Waals surface area contributed by atoms with Crippen molar-refractivity contribution in [3.05, 3.63) is 23.3 Å². The molecule has 0 heterocycles. The molecule has 0 radical (unpaired) electrons. The fraction of sp³-hybridized carbons (Fsp3) is 0.500. The summed E-state index contributed by atoms with van der Waals surface area (Å²) in [6, 6.07) is 0. The van der Waals surface area contributed by atoms with Crippen molar-refractivity contribution in [2.75, 3.05) is 6.54 Å². The first-order valence-corrected chi connectivity index (χ1v) is 3.68. The molecule has 0 aromatic carbocycles. The molecule has 12 heavy (non-hydrogen) atoms. The fourth-order valence-corrected chi connectivity index (χ4v) is 1.11. The molecular weight excluding hydrogens is 167 g/mol. The van der Waals surface area contributed by atoms with Crippen LogP contribution in [-0.4, -0.2) is 12.7 Å². The maximum atomic E-state index is 13.0. The van der Waals surface area contributed by atoms with Crippen molar-refractivity contribution in [2.24, 2.45) is 11.7 Å². The normalized spacial score (nSPS) is 30.6. The Morgan fingerprint density at radius 2 is 2.08 bits per heavy atom. The Bertz CT molecular complexity index is 245. The molecule has 0 bridgehead atoms. The van der Waals surface area contributed by atoms with Crippen LogP contribution in [0.1, 0.15) is 6.92 Å². The molecule has 1 nitrogen and oxygen atoms in total. The highest BCUT2D eigenvalue weighted by molar-refractivity contribution is 5.35. The van der Waals surface area contributed by atoms with E-state index in [-0.39, 0.29) is 12.1 Å². The van der Waals surface area contributed by atoms with Crippen LogP contribution in [-0.2, 0) is 0 Å². The van der Waals surface area contributed by atoms with Crippen LogP contribution in [0.3, 0.4) is 0 Å². The standard InChI is InChI=1S/C8H10F3N/c1-4-6(9)2-7(10)5(3-12)8(4)11/h2,4,6H,3,12H2,1H3. The second-order valence-corrected chi connectivity index (χ2v) is 2.78. The largest absolute Gasteiger partial charge is 0.326 e. The Balaban J connectivity index is 3.03. The van der Waals surface area contributed by atoms with E-state index in [1.54, 1.807) is 0 Å². The lowest BCUT2D eigenvalue weighted by Crippen LogP contribution is -2.20. The zero-order chi connectivity index (χ0) is 9.30. The van der Waals surface area contributed by atoms with Crippen LogP contribution in [0, 0.1) is 5.92 Å². The Morgan fingerprint density at radius 3 is 2.58 bits per heavy atom. The second-order valence-electron chi connectivity index (χ2n) is 2.78. The lowest BCUT2D eigenvalue weighted by molar-refractivity contribution is 0.279. The number of rotatable bonds is 1. The second kappa shape index (κ2) is 3.31. The van der Waals surface area contributed by atoms with Crippen LogP contribution in [0.25, 0.3) is 0 Å². The van der Waals surface area contributed by atoms with Crippen LogP contribution < -0.4 is 5.73 Å². The molecule has 1 aliphatic carbocycles. The molecule has 1 aliphatic rings. The summed E-state index contributed by atoms with van der Waals surface area (Å²) in [7, 11) is 0. The van der Waals surface area contributed by atoms with Crippen LogP contribution >= 0.6 is 0 Å². The number of nitrogens with two attached hydrogens (primary N) is 1. The van der Waals surface area contributed by atoms with E-state index in [1.807, 2.05) is 0 Å². The van der Waals surface area contributed by atoms with Crippen LogP contribution in [0.2, 0.25) is 0 Å². The maximum absolute atomic E-state index is 13.0. The SMILES string of the molecule is CC1C(F)=C(CN)C(F)=CC1F. The lowest BCUT2D eigenvalue weighted by atomic mass is 9.94. The third-order valence-electron chi connectivity index (χ3n) is 1.96. The van der Waals surface area contributed by atoms with Crippen molar-refractivity contribution in [1.82, 2.24) is 0 Å². The van der Waals surface area contributed by atoms with E-state index in [9.17, 15) is 13.2 Å². The molecule has 0 fully saturated rings. The fourth-order valence-electron chi connectivity index (χ4n) is 1.11. The van der Waals surface area contributed by atoms with E-state index >= 15 is 0 Å². The predicted octanol–water partition coefficient (Wildman–Crippen LogP) is 2.01. The van der Waals surface area contributed by atoms with Crippen molar-refractivity contribution in [1.29, 1.82) is 0 Å². The minimum absolute atomic E-state index is 0.212. The summed E-state index contributed by atoms with van der Waals surface area (Å²) in [6.45, 7) is 1.13. The molecule has 0 aliphatic heterocycles. The molecule has 0 amide bonds. The van der Waals surface area contributed by atoms with Gasteiger partial charge in [0.2, 0.25) is 0 Å². The molecule has 4 heteroatoms. The van der Waals surface area contributed by atoms with Crippen molar-refractivity contribution >= 4 is 0 Å². The first-order valence-electron chi connectivity index (χ1n) is 3.68. The van der Waals surface area contributed by atoms with Crippen LogP contribution in [0.15, 0.2) is 23.3 Å². The smallest absolute Gasteiger partial charge is 0.130 e. The molecule has 0 saturated carbocycles. The molecule has 2 atom stereocenters. The van der Waals surface area contributed by atoms with Gasteiger partial charge in [0.15, 0.2) is 0 Å². The summed E-state index contributed by atoms with van der Waals surface area (Å²) < 4.78 is 38.5. The molecule has 2 N–H and O–H groups in total. The van der Waals surface area contributed by atoms with E-state index in [2.05, 4.69) is 0 Å². The van der Waals surface area contributed by atoms with Gasteiger partial charge in [0.25, 0.3) is 0 Å². The van der Waals surface area contributed by atoms with Gasteiger partial charge in [0, 0.05) is 18.0 Å². The molecular formula is C8H10F3N. The number of hydrogen-bond donors (Lipinski definition) is 1. The highest BCUT2D eigenvalue weighted by Gasteiger charge is 2.28. The molecule has 68 valence electrons. The van der Waals surface area contributed by atoms with Gasteiger partial charge in [0.05, 0.1) is 0 Å². The van der Waals surface area contributed by atoms with Crippen molar-refractivity contribution in [3.63, 3.8) is 0 Å². The Hall–Kier alpha value is -0.770. The molecule has 0 aromatic rings. The molecule has 2 unspecified atom stereocenters. The third kappa shape index (κ3) is 1.39. The quantitative estimate of drug-likeness (QED) is 0.651. The third-order valence-corrected chi connectivity index (χ3v) is 1.96. The summed E-state index contributed by atoms with van der Waals surface area (Å²) in [4.78, 5) is 0. The highest BCUT2D eigenvalue weighted by Crippen LogP contribution is 2.32. The molecule has 1 rings (SSSR count). The first kappa shape index (κ1) is 9.32. The molecule has 0 aromatic heterocycles. The monoisotopic (exact) mass is 177 g/mol. The topological polar surface area (TPSA) is 26.0 Å². The van der Waals surface area contributed by atoms with Gasteiger partial charge in [-0.1, -0.05) is 6.92 Å². The zero-order valence-corrected chi connectivity index (χ0v) is 6.65. The van der Waals surface area contributed by atoms with Gasteiger partial charge >= 0.3 is 0 Å². The molecule has 0 saturated heterocycles. The number of allylic oxidation sites excluding steroid dienone is 2. The number of alkyl halides is 1. The van der Waals surface area contributed by atoms with Gasteiger partial charge in [-0.15, -0.1) is 0 Å². The average Bonchev–Trinajstić information content (AvgIpc) is 2.01. The Labute approximate surface area is 68.7 Å². The van der Waals surface area contributed by atoms with Crippen molar-refractivity contribution < 1.29 is 13.2 Å². The summed E-state index contributed by atoms with van der Waals surface area (Å²) in [5, 5.41) is 0. The van der Waals surface area contributed by atoms with E-state index in [4.69, 9.17) is 5.73 Å². The summed E-state index contributed by atoms with van der Waals surface area (Å²) in [6.07, 6.45) is -0.823. The molecule has 0 spiro atoms. The van der Waals surface area contributed by atoms with Crippen LogP contribution in [0.4, 0.5) is 13.2 Å². The van der Waals surface area contributed by atoms with Gasteiger partial charge in [0.1, 0.15) is 17.8 Å². The minimum atomic E-state index is -1.58. The van der Waals surface area contributed by atoms with E-state index in [1.165, 1.54) is 6.92 Å².